The van der Waals surface area contributed by atoms with Gasteiger partial charge < -0.3 is 0 Å². The molecule has 3 nitrogen and oxygen atoms in total. The Balaban J connectivity index is 4.23. The van der Waals surface area contributed by atoms with Gasteiger partial charge in [0.25, 0.3) is 0 Å². The van der Waals surface area contributed by atoms with Gasteiger partial charge in [0, 0.05) is 0 Å². The third-order valence-corrected chi connectivity index (χ3v) is 8.86. The van der Waals surface area contributed by atoms with Gasteiger partial charge in [-0.2, -0.15) is 0 Å². The van der Waals surface area contributed by atoms with Gasteiger partial charge in [0.1, 0.15) is 0 Å². The van der Waals surface area contributed by atoms with Crippen LogP contribution < -0.4 is 5.32 Å². The second-order valence-corrected chi connectivity index (χ2v) is 10.3. The molecule has 18 heavy (non-hydrogen) atoms. The molecular weight excluding hydrogens is 245 g/mol. The molecule has 2 atom stereocenters. The van der Waals surface area contributed by atoms with Crippen molar-refractivity contribution < 1.29 is 9.26 Å². The molecule has 0 aromatic carbocycles. The zero-order valence-electron chi connectivity index (χ0n) is 13.4. The second kappa shape index (κ2) is 9.25. The van der Waals surface area contributed by atoms with Gasteiger partial charge in [-0.15, -0.1) is 0 Å². The van der Waals surface area contributed by atoms with E-state index in [0.717, 1.165) is 13.0 Å². The summed E-state index contributed by atoms with van der Waals surface area (Å²) in [6.45, 7) is 11.9. The quantitative estimate of drug-likeness (QED) is 0.623. The first kappa shape index (κ1) is 18.3. The summed E-state index contributed by atoms with van der Waals surface area (Å²) in [5, 5.41) is 3.35. The Morgan fingerprint density at radius 3 is 2.22 bits per heavy atom. The van der Waals surface area contributed by atoms with Crippen LogP contribution in [0.25, 0.3) is 0 Å². The minimum atomic E-state index is -1.56. The summed E-state index contributed by atoms with van der Waals surface area (Å²) in [5.74, 6) is 0. The molecule has 112 valence electrons. The van der Waals surface area contributed by atoms with Crippen LogP contribution in [-0.2, 0) is 9.26 Å². The Hall–Kier alpha value is 0.310. The third-order valence-electron chi connectivity index (χ3n) is 4.15. The monoisotopic (exact) mass is 279 g/mol. The van der Waals surface area contributed by atoms with Gasteiger partial charge in [0.15, 0.2) is 0 Å². The number of likely N-dealkylation sites (N-methyl/N-ethyl adjacent to an activating group) is 1. The third kappa shape index (κ3) is 6.47. The second-order valence-electron chi connectivity index (χ2n) is 5.73. The Morgan fingerprint density at radius 2 is 1.83 bits per heavy atom. The molecule has 0 aliphatic rings. The average molecular weight is 279 g/mol. The molecule has 0 fully saturated rings. The van der Waals surface area contributed by atoms with Crippen LogP contribution in [0.4, 0.5) is 0 Å². The molecule has 0 spiro atoms. The Labute approximate surface area is 114 Å². The molecule has 0 aromatic rings. The van der Waals surface area contributed by atoms with Gasteiger partial charge in [0.2, 0.25) is 0 Å². The topological polar surface area (TPSA) is 30.5 Å². The molecule has 0 aliphatic heterocycles. The van der Waals surface area contributed by atoms with Crippen LogP contribution in [0, 0.1) is 0 Å². The van der Waals surface area contributed by atoms with Crippen LogP contribution in [0.5, 0.6) is 0 Å². The van der Waals surface area contributed by atoms with Crippen molar-refractivity contribution in [3.05, 3.63) is 0 Å². The molecule has 0 radical (unpaired) electrons. The van der Waals surface area contributed by atoms with Crippen molar-refractivity contribution in [2.24, 2.45) is 0 Å². The fraction of sp³-hybridized carbons (Fsp3) is 1.00. The zero-order valence-corrected chi connectivity index (χ0v) is 14.4. The maximum atomic E-state index is 5.88. The van der Waals surface area contributed by atoms with E-state index in [-0.39, 0.29) is 0 Å². The van der Waals surface area contributed by atoms with E-state index in [1.54, 1.807) is 0 Å². The Bertz CT molecular complexity index is 214. The van der Waals surface area contributed by atoms with Crippen molar-refractivity contribution in [1.29, 1.82) is 0 Å². The molecule has 2 unspecified atom stereocenters. The van der Waals surface area contributed by atoms with Gasteiger partial charge in [-0.3, -0.25) is 0 Å². The number of hydrogen-bond donors (Lipinski definition) is 1. The summed E-state index contributed by atoms with van der Waals surface area (Å²) in [6, 6.07) is 0.443. The summed E-state index contributed by atoms with van der Waals surface area (Å²) in [4.78, 5) is 0. The van der Waals surface area contributed by atoms with E-state index in [0.29, 0.717) is 17.8 Å². The fourth-order valence-corrected chi connectivity index (χ4v) is 4.95. The Morgan fingerprint density at radius 1 is 1.22 bits per heavy atom. The van der Waals surface area contributed by atoms with Crippen molar-refractivity contribution in [1.82, 2.24) is 5.32 Å². The summed E-state index contributed by atoms with van der Waals surface area (Å²) in [6.07, 6.45) is 3.86. The first-order chi connectivity index (χ1) is 8.39. The molecule has 0 rings (SSSR count). The van der Waals surface area contributed by atoms with Gasteiger partial charge in [0.05, 0.1) is 0 Å². The van der Waals surface area contributed by atoms with Crippen LogP contribution >= 0.6 is 7.49 Å². The van der Waals surface area contributed by atoms with Gasteiger partial charge in [-0.05, 0) is 0 Å². The summed E-state index contributed by atoms with van der Waals surface area (Å²) in [7, 11) is 2.35. The summed E-state index contributed by atoms with van der Waals surface area (Å²) in [5.41, 5.74) is 0.714. The molecule has 4 heteroatoms. The number of ether oxygens (including phenoxy) is 1. The van der Waals surface area contributed by atoms with Gasteiger partial charge >= 0.3 is 114 Å². The van der Waals surface area contributed by atoms with Crippen molar-refractivity contribution in [3.63, 3.8) is 0 Å². The molecule has 0 heterocycles. The van der Waals surface area contributed by atoms with E-state index in [4.69, 9.17) is 9.26 Å². The predicted molar refractivity (Wildman–Crippen MR) is 84.4 cm³/mol. The molecule has 0 saturated heterocycles. The number of rotatable bonds is 10. The van der Waals surface area contributed by atoms with Gasteiger partial charge in [-0.25, -0.2) is 0 Å². The van der Waals surface area contributed by atoms with Crippen LogP contribution in [0.2, 0.25) is 0 Å². The van der Waals surface area contributed by atoms with E-state index >= 15 is 0 Å². The average Bonchev–Trinajstić information content (AvgIpc) is 2.37. The zero-order chi connectivity index (χ0) is 14.2. The first-order valence-electron chi connectivity index (χ1n) is 7.23. The molecule has 1 N–H and O–H groups in total. The molecular formula is C14H34NO2P. The summed E-state index contributed by atoms with van der Waals surface area (Å²) < 4.78 is 11.6. The van der Waals surface area contributed by atoms with E-state index < -0.39 is 7.49 Å². The number of nitrogens with one attached hydrogen (secondary N) is 1. The molecule has 0 aliphatic carbocycles. The summed E-state index contributed by atoms with van der Waals surface area (Å²) >= 11 is 0. The van der Waals surface area contributed by atoms with Crippen LogP contribution in [0.3, 0.4) is 0 Å². The van der Waals surface area contributed by atoms with Crippen LogP contribution in [0.1, 0.15) is 40.5 Å². The number of hydrogen-bond acceptors (Lipinski definition) is 3. The van der Waals surface area contributed by atoms with E-state index in [9.17, 15) is 0 Å². The SMILES string of the molecule is CCC(C)[PH](C)(CCC(COC(C)C)NC)OC. The molecule has 0 amide bonds. The van der Waals surface area contributed by atoms with Crippen LogP contribution in [-0.4, -0.2) is 51.4 Å². The molecule has 0 aromatic heterocycles. The van der Waals surface area contributed by atoms with E-state index in [2.05, 4.69) is 39.7 Å². The molecule has 0 bridgehead atoms. The predicted octanol–water partition coefficient (Wildman–Crippen LogP) is 3.13. The van der Waals surface area contributed by atoms with E-state index in [1.807, 2.05) is 14.2 Å². The van der Waals surface area contributed by atoms with Crippen LogP contribution in [0.15, 0.2) is 0 Å². The van der Waals surface area contributed by atoms with Crippen molar-refractivity contribution in [2.75, 3.05) is 33.6 Å². The Kier molecular flexibility index (Phi) is 9.41. The van der Waals surface area contributed by atoms with E-state index in [1.165, 1.54) is 12.6 Å². The van der Waals surface area contributed by atoms with Crippen molar-refractivity contribution >= 4 is 7.49 Å². The standard InChI is InChI=1S/C14H34NO2P/c1-8-13(4)18(7,16-6)10-9-14(15-5)11-17-12(2)3/h12-15,18H,8-11H2,1-7H3. The normalized spacial score (nSPS) is 16.9. The van der Waals surface area contributed by atoms with Crippen molar-refractivity contribution in [3.8, 4) is 0 Å². The maximum absolute atomic E-state index is 5.88. The van der Waals surface area contributed by atoms with Gasteiger partial charge in [-0.1, -0.05) is 0 Å². The molecule has 0 saturated carbocycles. The first-order valence-corrected chi connectivity index (χ1v) is 9.92. The minimum absolute atomic E-state index is 0.307. The van der Waals surface area contributed by atoms with Crippen molar-refractivity contribution in [2.45, 2.75) is 58.3 Å². The fourth-order valence-electron chi connectivity index (χ4n) is 2.06.